The monoisotopic (exact) mass is 420 g/mol. The molecule has 2 unspecified atom stereocenters. The number of amides is 2. The average molecular weight is 421 g/mol. The minimum Gasteiger partial charge on any atom is -0.340 e. The molecule has 7 heteroatoms. The van der Waals surface area contributed by atoms with Gasteiger partial charge < -0.3 is 5.32 Å². The molecule has 2 N–H and O–H groups in total. The number of aromatic nitrogens is 2. The molecule has 0 aliphatic carbocycles. The zero-order chi connectivity index (χ0) is 21.3. The molecule has 6 nitrogen and oxygen atoms in total. The molecule has 0 spiro atoms. The van der Waals surface area contributed by atoms with Gasteiger partial charge in [0.1, 0.15) is 11.0 Å². The standard InChI is InChI=1S/C23H24N4O2S/c1-3-16(2)20(24-19(28)15-14-17-10-6-4-7-11-17)21(29)25-23-27-26-22(30-23)18-12-8-5-9-13-18/h4-16,20H,3H2,1-2H3,(H,24,28)(H,25,27,29)/b15-14+. The Morgan fingerprint density at radius 2 is 1.70 bits per heavy atom. The van der Waals surface area contributed by atoms with Crippen LogP contribution in [0.25, 0.3) is 16.6 Å². The van der Waals surface area contributed by atoms with Crippen LogP contribution in [0.5, 0.6) is 0 Å². The Morgan fingerprint density at radius 1 is 1.03 bits per heavy atom. The van der Waals surface area contributed by atoms with E-state index in [1.165, 1.54) is 17.4 Å². The van der Waals surface area contributed by atoms with Crippen LogP contribution in [0, 0.1) is 5.92 Å². The largest absolute Gasteiger partial charge is 0.340 e. The fourth-order valence-electron chi connectivity index (χ4n) is 2.79. The Bertz CT molecular complexity index is 1000. The van der Waals surface area contributed by atoms with Gasteiger partial charge in [-0.05, 0) is 17.6 Å². The summed E-state index contributed by atoms with van der Waals surface area (Å²) in [6.07, 6.45) is 3.90. The van der Waals surface area contributed by atoms with Crippen LogP contribution >= 0.6 is 11.3 Å². The zero-order valence-electron chi connectivity index (χ0n) is 16.9. The van der Waals surface area contributed by atoms with Crippen LogP contribution in [0.3, 0.4) is 0 Å². The summed E-state index contributed by atoms with van der Waals surface area (Å²) in [6.45, 7) is 3.91. The summed E-state index contributed by atoms with van der Waals surface area (Å²) in [7, 11) is 0. The number of benzene rings is 2. The first-order valence-corrected chi connectivity index (χ1v) is 10.6. The normalized spacial score (nSPS) is 13.0. The minimum absolute atomic E-state index is 0.0411. The maximum atomic E-state index is 12.9. The Labute approximate surface area is 180 Å². The second kappa shape index (κ2) is 10.5. The number of carbonyl (C=O) groups excluding carboxylic acids is 2. The molecule has 0 fully saturated rings. The van der Waals surface area contributed by atoms with Crippen molar-refractivity contribution < 1.29 is 9.59 Å². The van der Waals surface area contributed by atoms with Gasteiger partial charge in [-0.25, -0.2) is 0 Å². The summed E-state index contributed by atoms with van der Waals surface area (Å²) in [6, 6.07) is 18.5. The van der Waals surface area contributed by atoms with Gasteiger partial charge in [0.25, 0.3) is 0 Å². The van der Waals surface area contributed by atoms with Crippen molar-refractivity contribution in [2.75, 3.05) is 5.32 Å². The van der Waals surface area contributed by atoms with Gasteiger partial charge in [-0.1, -0.05) is 92.3 Å². The highest BCUT2D eigenvalue weighted by Gasteiger charge is 2.26. The molecule has 3 rings (SSSR count). The Kier molecular flexibility index (Phi) is 7.45. The first-order valence-electron chi connectivity index (χ1n) is 9.80. The molecule has 1 aromatic heterocycles. The summed E-state index contributed by atoms with van der Waals surface area (Å²) in [5.41, 5.74) is 1.85. The third kappa shape index (κ3) is 5.84. The Morgan fingerprint density at radius 3 is 2.37 bits per heavy atom. The molecule has 0 aliphatic rings. The predicted octanol–water partition coefficient (Wildman–Crippen LogP) is 4.39. The first-order chi connectivity index (χ1) is 14.6. The van der Waals surface area contributed by atoms with Gasteiger partial charge in [-0.2, -0.15) is 0 Å². The van der Waals surface area contributed by atoms with Crippen LogP contribution in [0.4, 0.5) is 5.13 Å². The minimum atomic E-state index is -0.674. The van der Waals surface area contributed by atoms with Gasteiger partial charge >= 0.3 is 0 Å². The van der Waals surface area contributed by atoms with Crippen LogP contribution < -0.4 is 10.6 Å². The van der Waals surface area contributed by atoms with E-state index >= 15 is 0 Å². The molecular weight excluding hydrogens is 396 g/mol. The van der Waals surface area contributed by atoms with Gasteiger partial charge in [0.05, 0.1) is 0 Å². The van der Waals surface area contributed by atoms with Crippen molar-refractivity contribution >= 4 is 34.4 Å². The Hall–Kier alpha value is -3.32. The lowest BCUT2D eigenvalue weighted by molar-refractivity contribution is -0.125. The summed E-state index contributed by atoms with van der Waals surface area (Å²) < 4.78 is 0. The van der Waals surface area contributed by atoms with E-state index in [1.807, 2.05) is 74.5 Å². The number of carbonyl (C=O) groups is 2. The molecule has 0 bridgehead atoms. The lowest BCUT2D eigenvalue weighted by Crippen LogP contribution is -2.47. The lowest BCUT2D eigenvalue weighted by Gasteiger charge is -2.22. The molecular formula is C23H24N4O2S. The van der Waals surface area contributed by atoms with E-state index in [9.17, 15) is 9.59 Å². The van der Waals surface area contributed by atoms with Crippen LogP contribution in [0.1, 0.15) is 25.8 Å². The quantitative estimate of drug-likeness (QED) is 0.530. The highest BCUT2D eigenvalue weighted by molar-refractivity contribution is 7.18. The van der Waals surface area contributed by atoms with Crippen molar-refractivity contribution in [1.29, 1.82) is 0 Å². The van der Waals surface area contributed by atoms with Crippen molar-refractivity contribution in [1.82, 2.24) is 15.5 Å². The van der Waals surface area contributed by atoms with E-state index in [2.05, 4.69) is 20.8 Å². The molecule has 0 aliphatic heterocycles. The topological polar surface area (TPSA) is 84.0 Å². The van der Waals surface area contributed by atoms with Gasteiger partial charge in [-0.15, -0.1) is 10.2 Å². The number of anilines is 1. The van der Waals surface area contributed by atoms with Crippen LogP contribution in [0.2, 0.25) is 0 Å². The predicted molar refractivity (Wildman–Crippen MR) is 121 cm³/mol. The summed E-state index contributed by atoms with van der Waals surface area (Å²) in [4.78, 5) is 25.2. The van der Waals surface area contributed by atoms with Crippen molar-refractivity contribution in [3.8, 4) is 10.6 Å². The second-order valence-electron chi connectivity index (χ2n) is 6.88. The molecule has 3 aromatic rings. The van der Waals surface area contributed by atoms with Gasteiger partial charge in [0.2, 0.25) is 16.9 Å². The molecule has 1 heterocycles. The van der Waals surface area contributed by atoms with Gasteiger partial charge in [0, 0.05) is 11.6 Å². The fourth-order valence-corrected chi connectivity index (χ4v) is 3.55. The molecule has 30 heavy (non-hydrogen) atoms. The first kappa shape index (κ1) is 21.4. The van der Waals surface area contributed by atoms with E-state index < -0.39 is 6.04 Å². The zero-order valence-corrected chi connectivity index (χ0v) is 17.7. The average Bonchev–Trinajstić information content (AvgIpc) is 3.25. The maximum absolute atomic E-state index is 12.9. The summed E-state index contributed by atoms with van der Waals surface area (Å²) in [5, 5.41) is 14.9. The molecule has 2 aromatic carbocycles. The van der Waals surface area contributed by atoms with E-state index in [0.29, 0.717) is 5.13 Å². The molecule has 0 saturated heterocycles. The molecule has 0 saturated carbocycles. The van der Waals surface area contributed by atoms with Crippen molar-refractivity contribution in [2.45, 2.75) is 26.3 Å². The highest BCUT2D eigenvalue weighted by atomic mass is 32.1. The fraction of sp³-hybridized carbons (Fsp3) is 0.217. The number of nitrogens with zero attached hydrogens (tertiary/aromatic N) is 2. The van der Waals surface area contributed by atoms with Crippen LogP contribution in [-0.4, -0.2) is 28.1 Å². The molecule has 2 amide bonds. The van der Waals surface area contributed by atoms with E-state index in [1.54, 1.807) is 6.08 Å². The Balaban J connectivity index is 1.66. The lowest BCUT2D eigenvalue weighted by atomic mass is 9.98. The van der Waals surface area contributed by atoms with Crippen molar-refractivity contribution in [2.24, 2.45) is 5.92 Å². The van der Waals surface area contributed by atoms with E-state index in [-0.39, 0.29) is 17.7 Å². The third-order valence-electron chi connectivity index (χ3n) is 4.70. The van der Waals surface area contributed by atoms with E-state index in [4.69, 9.17) is 0 Å². The van der Waals surface area contributed by atoms with Crippen molar-refractivity contribution in [3.63, 3.8) is 0 Å². The van der Waals surface area contributed by atoms with Gasteiger partial charge in [0.15, 0.2) is 0 Å². The second-order valence-corrected chi connectivity index (χ2v) is 7.86. The smallest absolute Gasteiger partial charge is 0.249 e. The number of nitrogens with one attached hydrogen (secondary N) is 2. The van der Waals surface area contributed by atoms with Crippen LogP contribution in [0.15, 0.2) is 66.7 Å². The molecule has 2 atom stereocenters. The SMILES string of the molecule is CCC(C)C(NC(=O)/C=C/c1ccccc1)C(=O)Nc1nnc(-c2ccccc2)s1. The number of hydrogen-bond donors (Lipinski definition) is 2. The van der Waals surface area contributed by atoms with Gasteiger partial charge in [-0.3, -0.25) is 14.9 Å². The number of rotatable bonds is 8. The van der Waals surface area contributed by atoms with Crippen molar-refractivity contribution in [3.05, 3.63) is 72.3 Å². The van der Waals surface area contributed by atoms with Crippen LogP contribution in [-0.2, 0) is 9.59 Å². The summed E-state index contributed by atoms with van der Waals surface area (Å²) >= 11 is 1.30. The highest BCUT2D eigenvalue weighted by Crippen LogP contribution is 2.26. The molecule has 0 radical (unpaired) electrons. The maximum Gasteiger partial charge on any atom is 0.249 e. The van der Waals surface area contributed by atoms with E-state index in [0.717, 1.165) is 22.6 Å². The number of hydrogen-bond acceptors (Lipinski definition) is 5. The molecule has 154 valence electrons. The third-order valence-corrected chi connectivity index (χ3v) is 5.58. The summed E-state index contributed by atoms with van der Waals surface area (Å²) in [5.74, 6) is -0.663.